The predicted octanol–water partition coefficient (Wildman–Crippen LogP) is 2.77. The fourth-order valence-electron chi connectivity index (χ4n) is 2.88. The van der Waals surface area contributed by atoms with Crippen LogP contribution in [0.2, 0.25) is 0 Å². The molecule has 20 heavy (non-hydrogen) atoms. The van der Waals surface area contributed by atoms with Crippen molar-refractivity contribution in [2.75, 3.05) is 26.2 Å². The highest BCUT2D eigenvalue weighted by atomic mass is 16.5. The molecule has 3 heteroatoms. The van der Waals surface area contributed by atoms with Crippen LogP contribution in [0.15, 0.2) is 30.3 Å². The van der Waals surface area contributed by atoms with Crippen molar-refractivity contribution in [3.05, 3.63) is 30.3 Å². The Balaban J connectivity index is 1.88. The van der Waals surface area contributed by atoms with E-state index >= 15 is 0 Å². The second kappa shape index (κ2) is 6.59. The lowest BCUT2D eigenvalue weighted by atomic mass is 9.84. The van der Waals surface area contributed by atoms with Gasteiger partial charge in [-0.05, 0) is 24.5 Å². The lowest BCUT2D eigenvalue weighted by molar-refractivity contribution is 0.0481. The minimum atomic E-state index is 0.292. The summed E-state index contributed by atoms with van der Waals surface area (Å²) in [6.07, 6.45) is 0. The second-order valence-corrected chi connectivity index (χ2v) is 6.85. The Morgan fingerprint density at radius 2 is 1.95 bits per heavy atom. The van der Waals surface area contributed by atoms with Crippen LogP contribution in [-0.2, 0) is 0 Å². The maximum Gasteiger partial charge on any atom is 0.119 e. The summed E-state index contributed by atoms with van der Waals surface area (Å²) < 4.78 is 5.84. The van der Waals surface area contributed by atoms with Crippen molar-refractivity contribution in [1.82, 2.24) is 10.2 Å². The number of hydrogen-bond donors (Lipinski definition) is 1. The summed E-state index contributed by atoms with van der Waals surface area (Å²) in [7, 11) is 0. The van der Waals surface area contributed by atoms with E-state index in [1.165, 1.54) is 0 Å². The molecule has 2 rings (SSSR count). The zero-order valence-electron chi connectivity index (χ0n) is 13.2. The summed E-state index contributed by atoms with van der Waals surface area (Å²) in [6.45, 7) is 13.1. The van der Waals surface area contributed by atoms with E-state index in [4.69, 9.17) is 4.74 Å². The summed E-state index contributed by atoms with van der Waals surface area (Å²) in [6, 6.07) is 11.2. The molecule has 1 saturated heterocycles. The molecule has 0 saturated carbocycles. The molecule has 1 aliphatic rings. The smallest absolute Gasteiger partial charge is 0.119 e. The van der Waals surface area contributed by atoms with E-state index in [1.807, 2.05) is 30.3 Å². The van der Waals surface area contributed by atoms with E-state index in [1.54, 1.807) is 0 Å². The molecule has 0 aliphatic carbocycles. The Morgan fingerprint density at radius 3 is 2.60 bits per heavy atom. The molecule has 112 valence electrons. The van der Waals surface area contributed by atoms with Gasteiger partial charge in [-0.3, -0.25) is 4.90 Å². The van der Waals surface area contributed by atoms with Gasteiger partial charge in [-0.25, -0.2) is 0 Å². The average Bonchev–Trinajstić information content (AvgIpc) is 2.38. The summed E-state index contributed by atoms with van der Waals surface area (Å²) in [5.74, 6) is 0.961. The molecule has 1 aliphatic heterocycles. The number of nitrogens with zero attached hydrogens (tertiary/aromatic N) is 1. The Labute approximate surface area is 123 Å². The van der Waals surface area contributed by atoms with Gasteiger partial charge in [0.2, 0.25) is 0 Å². The molecule has 3 nitrogen and oxygen atoms in total. The SMILES string of the molecule is CC1CN(CCOc2ccccc2)C(C(C)(C)C)CN1. The fraction of sp³-hybridized carbons (Fsp3) is 0.647. The highest BCUT2D eigenvalue weighted by Crippen LogP contribution is 2.26. The van der Waals surface area contributed by atoms with Crippen molar-refractivity contribution in [1.29, 1.82) is 0 Å². The van der Waals surface area contributed by atoms with E-state index in [-0.39, 0.29) is 0 Å². The first kappa shape index (κ1) is 15.3. The summed E-state index contributed by atoms with van der Waals surface area (Å²) >= 11 is 0. The van der Waals surface area contributed by atoms with Gasteiger partial charge < -0.3 is 10.1 Å². The molecular weight excluding hydrogens is 248 g/mol. The normalized spacial score (nSPS) is 24.6. The van der Waals surface area contributed by atoms with Crippen LogP contribution in [0, 0.1) is 5.41 Å². The van der Waals surface area contributed by atoms with E-state index in [9.17, 15) is 0 Å². The van der Waals surface area contributed by atoms with Crippen molar-refractivity contribution >= 4 is 0 Å². The molecule has 1 heterocycles. The molecule has 1 fully saturated rings. The van der Waals surface area contributed by atoms with E-state index in [2.05, 4.69) is 37.9 Å². The van der Waals surface area contributed by atoms with Crippen molar-refractivity contribution in [3.8, 4) is 5.75 Å². The van der Waals surface area contributed by atoms with E-state index < -0.39 is 0 Å². The van der Waals surface area contributed by atoms with Gasteiger partial charge in [-0.15, -0.1) is 0 Å². The second-order valence-electron chi connectivity index (χ2n) is 6.85. The number of piperazine rings is 1. The number of nitrogens with one attached hydrogen (secondary N) is 1. The standard InChI is InChI=1S/C17H28N2O/c1-14-13-19(16(12-18-14)17(2,3)4)10-11-20-15-8-6-5-7-9-15/h5-9,14,16,18H,10-13H2,1-4H3. The Bertz CT molecular complexity index is 399. The molecule has 0 bridgehead atoms. The third kappa shape index (κ3) is 4.22. The Morgan fingerprint density at radius 1 is 1.25 bits per heavy atom. The Kier molecular flexibility index (Phi) is 5.06. The molecule has 1 N–H and O–H groups in total. The Hall–Kier alpha value is -1.06. The molecule has 2 atom stereocenters. The van der Waals surface area contributed by atoms with Crippen molar-refractivity contribution in [2.45, 2.75) is 39.8 Å². The number of benzene rings is 1. The fourth-order valence-corrected chi connectivity index (χ4v) is 2.88. The summed E-state index contributed by atoms with van der Waals surface area (Å²) in [4.78, 5) is 2.57. The summed E-state index contributed by atoms with van der Waals surface area (Å²) in [5.41, 5.74) is 0.292. The lowest BCUT2D eigenvalue weighted by Crippen LogP contribution is -2.60. The van der Waals surface area contributed by atoms with Crippen LogP contribution in [-0.4, -0.2) is 43.2 Å². The van der Waals surface area contributed by atoms with Crippen molar-refractivity contribution in [2.24, 2.45) is 5.41 Å². The van der Waals surface area contributed by atoms with Gasteiger partial charge in [0.15, 0.2) is 0 Å². The van der Waals surface area contributed by atoms with Gasteiger partial charge >= 0.3 is 0 Å². The molecule has 2 unspecified atom stereocenters. The van der Waals surface area contributed by atoms with Crippen LogP contribution in [0.4, 0.5) is 0 Å². The minimum Gasteiger partial charge on any atom is -0.492 e. The third-order valence-corrected chi connectivity index (χ3v) is 4.00. The zero-order chi connectivity index (χ0) is 14.6. The average molecular weight is 276 g/mol. The maximum absolute atomic E-state index is 5.84. The van der Waals surface area contributed by atoms with Gasteiger partial charge in [0.1, 0.15) is 12.4 Å². The van der Waals surface area contributed by atoms with Crippen molar-refractivity contribution in [3.63, 3.8) is 0 Å². The first-order valence-corrected chi connectivity index (χ1v) is 7.62. The topological polar surface area (TPSA) is 24.5 Å². The largest absolute Gasteiger partial charge is 0.492 e. The highest BCUT2D eigenvalue weighted by Gasteiger charge is 2.33. The first-order chi connectivity index (χ1) is 9.47. The number of rotatable bonds is 4. The molecule has 1 aromatic carbocycles. The van der Waals surface area contributed by atoms with Gasteiger partial charge in [0.05, 0.1) is 0 Å². The molecule has 0 radical (unpaired) electrons. The maximum atomic E-state index is 5.84. The minimum absolute atomic E-state index is 0.292. The molecule has 0 amide bonds. The predicted molar refractivity (Wildman–Crippen MR) is 84.2 cm³/mol. The van der Waals surface area contributed by atoms with Crippen LogP contribution in [0.3, 0.4) is 0 Å². The third-order valence-electron chi connectivity index (χ3n) is 4.00. The molecule has 0 aromatic heterocycles. The van der Waals surface area contributed by atoms with Crippen LogP contribution in [0.25, 0.3) is 0 Å². The molecular formula is C17H28N2O. The van der Waals surface area contributed by atoms with Gasteiger partial charge in [-0.1, -0.05) is 39.0 Å². The van der Waals surface area contributed by atoms with Crippen molar-refractivity contribution < 1.29 is 4.74 Å². The van der Waals surface area contributed by atoms with Gasteiger partial charge in [0.25, 0.3) is 0 Å². The number of ether oxygens (including phenoxy) is 1. The molecule has 0 spiro atoms. The van der Waals surface area contributed by atoms with Crippen LogP contribution < -0.4 is 10.1 Å². The van der Waals surface area contributed by atoms with Crippen LogP contribution >= 0.6 is 0 Å². The van der Waals surface area contributed by atoms with Gasteiger partial charge in [-0.2, -0.15) is 0 Å². The monoisotopic (exact) mass is 276 g/mol. The quantitative estimate of drug-likeness (QED) is 0.915. The number of para-hydroxylation sites is 1. The summed E-state index contributed by atoms with van der Waals surface area (Å²) in [5, 5.41) is 3.59. The lowest BCUT2D eigenvalue weighted by Gasteiger charge is -2.45. The number of hydrogen-bond acceptors (Lipinski definition) is 3. The highest BCUT2D eigenvalue weighted by molar-refractivity contribution is 5.20. The molecule has 1 aromatic rings. The van der Waals surface area contributed by atoms with Crippen LogP contribution in [0.1, 0.15) is 27.7 Å². The zero-order valence-corrected chi connectivity index (χ0v) is 13.2. The van der Waals surface area contributed by atoms with Gasteiger partial charge in [0, 0.05) is 31.7 Å². The van der Waals surface area contributed by atoms with E-state index in [0.29, 0.717) is 17.5 Å². The first-order valence-electron chi connectivity index (χ1n) is 7.62. The van der Waals surface area contributed by atoms with Crippen LogP contribution in [0.5, 0.6) is 5.75 Å². The van der Waals surface area contributed by atoms with E-state index in [0.717, 1.165) is 32.0 Å².